The van der Waals surface area contributed by atoms with E-state index in [0.717, 1.165) is 16.2 Å². The number of methoxy groups -OCH3 is 1. The fourth-order valence-electron chi connectivity index (χ4n) is 2.14. The second-order valence-corrected chi connectivity index (χ2v) is 5.94. The van der Waals surface area contributed by atoms with Gasteiger partial charge in [0.2, 0.25) is 0 Å². The Kier molecular flexibility index (Phi) is 4.08. The predicted molar refractivity (Wildman–Crippen MR) is 88.9 cm³/mol. The van der Waals surface area contributed by atoms with Crippen LogP contribution in [0.4, 0.5) is 5.69 Å². The van der Waals surface area contributed by atoms with E-state index in [1.807, 2.05) is 24.3 Å². The van der Waals surface area contributed by atoms with Gasteiger partial charge in [0.15, 0.2) is 0 Å². The number of hydrogen-bond donors (Lipinski definition) is 2. The number of amides is 1. The Morgan fingerprint density at radius 1 is 1.22 bits per heavy atom. The molecule has 6 heteroatoms. The quantitative estimate of drug-likeness (QED) is 0.844. The lowest BCUT2D eigenvalue weighted by atomic mass is 10.2. The summed E-state index contributed by atoms with van der Waals surface area (Å²) in [6.45, 7) is 0. The summed E-state index contributed by atoms with van der Waals surface area (Å²) in [6, 6.07) is 12.1. The number of carbonyl (C=O) groups excluding carboxylic acids is 1. The Labute approximate surface area is 137 Å². The van der Waals surface area contributed by atoms with Gasteiger partial charge >= 0.3 is 5.97 Å². The summed E-state index contributed by atoms with van der Waals surface area (Å²) in [6.07, 6.45) is 1.79. The van der Waals surface area contributed by atoms with Crippen molar-refractivity contribution in [3.63, 3.8) is 0 Å². The van der Waals surface area contributed by atoms with Crippen LogP contribution in [0.15, 0.2) is 52.3 Å². The molecule has 0 bridgehead atoms. The highest BCUT2D eigenvalue weighted by molar-refractivity contribution is 8.04. The lowest BCUT2D eigenvalue weighted by Crippen LogP contribution is -2.17. The van der Waals surface area contributed by atoms with E-state index in [1.165, 1.54) is 23.9 Å². The number of thioether (sulfide) groups is 1. The van der Waals surface area contributed by atoms with E-state index in [4.69, 9.17) is 9.84 Å². The summed E-state index contributed by atoms with van der Waals surface area (Å²) >= 11 is 1.32. The van der Waals surface area contributed by atoms with Gasteiger partial charge in [-0.3, -0.25) is 4.79 Å². The van der Waals surface area contributed by atoms with E-state index < -0.39 is 5.97 Å². The topological polar surface area (TPSA) is 75.6 Å². The van der Waals surface area contributed by atoms with Crippen molar-refractivity contribution >= 4 is 35.4 Å². The first-order valence-corrected chi connectivity index (χ1v) is 7.61. The molecule has 1 amide bonds. The van der Waals surface area contributed by atoms with Crippen molar-refractivity contribution in [2.75, 3.05) is 12.4 Å². The van der Waals surface area contributed by atoms with E-state index >= 15 is 0 Å². The largest absolute Gasteiger partial charge is 0.497 e. The Morgan fingerprint density at radius 3 is 2.61 bits per heavy atom. The number of hydrogen-bond acceptors (Lipinski definition) is 4. The number of carbonyl (C=O) groups is 2. The van der Waals surface area contributed by atoms with Gasteiger partial charge in [-0.05, 0) is 42.0 Å². The van der Waals surface area contributed by atoms with Gasteiger partial charge in [0.05, 0.1) is 23.3 Å². The van der Waals surface area contributed by atoms with Crippen molar-refractivity contribution in [3.8, 4) is 5.75 Å². The van der Waals surface area contributed by atoms with Crippen LogP contribution in [-0.4, -0.2) is 24.1 Å². The van der Waals surface area contributed by atoms with Crippen LogP contribution >= 0.6 is 11.8 Å². The van der Waals surface area contributed by atoms with Crippen LogP contribution in [0.5, 0.6) is 5.75 Å². The van der Waals surface area contributed by atoms with Crippen LogP contribution < -0.4 is 10.1 Å². The van der Waals surface area contributed by atoms with Gasteiger partial charge in [-0.1, -0.05) is 23.9 Å². The maximum Gasteiger partial charge on any atom is 0.335 e. The third kappa shape index (κ3) is 3.22. The second-order valence-electron chi connectivity index (χ2n) is 4.85. The van der Waals surface area contributed by atoms with Crippen LogP contribution in [0.2, 0.25) is 0 Å². The Balaban J connectivity index is 1.89. The lowest BCUT2D eigenvalue weighted by Gasteiger charge is -2.19. The van der Waals surface area contributed by atoms with Crippen molar-refractivity contribution < 1.29 is 19.4 Å². The molecule has 1 aliphatic heterocycles. The van der Waals surface area contributed by atoms with Crippen LogP contribution in [0, 0.1) is 0 Å². The number of anilines is 1. The number of rotatable bonds is 3. The van der Waals surface area contributed by atoms with Gasteiger partial charge in [-0.15, -0.1) is 0 Å². The highest BCUT2D eigenvalue weighted by Gasteiger charge is 2.22. The molecular weight excluding hydrogens is 314 g/mol. The zero-order valence-corrected chi connectivity index (χ0v) is 13.0. The summed E-state index contributed by atoms with van der Waals surface area (Å²) in [7, 11) is 1.60. The van der Waals surface area contributed by atoms with Crippen molar-refractivity contribution in [2.45, 2.75) is 4.90 Å². The average Bonchev–Trinajstić information content (AvgIpc) is 2.55. The summed E-state index contributed by atoms with van der Waals surface area (Å²) in [5.74, 6) is -0.521. The fourth-order valence-corrected chi connectivity index (χ4v) is 3.08. The summed E-state index contributed by atoms with van der Waals surface area (Å²) in [5.41, 5.74) is 1.55. The molecule has 3 rings (SSSR count). The van der Waals surface area contributed by atoms with Crippen LogP contribution in [0.3, 0.4) is 0 Å². The molecule has 0 radical (unpaired) electrons. The monoisotopic (exact) mass is 327 g/mol. The second kappa shape index (κ2) is 6.18. The molecule has 0 fully saturated rings. The molecule has 0 aliphatic carbocycles. The zero-order valence-electron chi connectivity index (χ0n) is 12.2. The minimum atomic E-state index is -1.02. The molecule has 1 aliphatic rings. The number of carboxylic acid groups (broad SMARTS) is 1. The van der Waals surface area contributed by atoms with E-state index in [2.05, 4.69) is 5.32 Å². The Morgan fingerprint density at radius 2 is 1.96 bits per heavy atom. The molecule has 2 aromatic carbocycles. The molecular formula is C17H13NO4S. The van der Waals surface area contributed by atoms with E-state index in [9.17, 15) is 9.59 Å². The lowest BCUT2D eigenvalue weighted by molar-refractivity contribution is -0.112. The normalized spacial score (nSPS) is 15.0. The van der Waals surface area contributed by atoms with Gasteiger partial charge in [0.1, 0.15) is 5.75 Å². The Hall–Kier alpha value is -2.73. The number of ether oxygens (including phenoxy) is 1. The standard InChI is InChI=1S/C17H13NO4S/c1-22-12-5-2-10(3-6-12)8-15-16(19)18-13-9-11(17(20)21)4-7-14(13)23-15/h2-9H,1H3,(H,18,19)(H,20,21)/b15-8+. The zero-order chi connectivity index (χ0) is 16.4. The maximum atomic E-state index is 12.2. The molecule has 0 atom stereocenters. The summed E-state index contributed by atoms with van der Waals surface area (Å²) in [4.78, 5) is 24.5. The molecule has 2 aromatic rings. The fraction of sp³-hybridized carbons (Fsp3) is 0.0588. The molecule has 0 saturated heterocycles. The molecule has 0 saturated carbocycles. The maximum absolute atomic E-state index is 12.2. The van der Waals surface area contributed by atoms with Gasteiger partial charge in [-0.25, -0.2) is 4.79 Å². The van der Waals surface area contributed by atoms with Crippen molar-refractivity contribution in [1.82, 2.24) is 0 Å². The molecule has 0 aromatic heterocycles. The minimum absolute atomic E-state index is 0.146. The first-order valence-electron chi connectivity index (χ1n) is 6.79. The molecule has 116 valence electrons. The van der Waals surface area contributed by atoms with Crippen LogP contribution in [0.1, 0.15) is 15.9 Å². The van der Waals surface area contributed by atoms with Gasteiger partial charge in [-0.2, -0.15) is 0 Å². The van der Waals surface area contributed by atoms with E-state index in [1.54, 1.807) is 19.3 Å². The van der Waals surface area contributed by atoms with E-state index in [-0.39, 0.29) is 11.5 Å². The van der Waals surface area contributed by atoms with E-state index in [0.29, 0.717) is 10.6 Å². The number of carboxylic acids is 1. The highest BCUT2D eigenvalue weighted by Crippen LogP contribution is 2.39. The summed E-state index contributed by atoms with van der Waals surface area (Å²) < 4.78 is 5.10. The SMILES string of the molecule is COc1ccc(/C=C2/Sc3ccc(C(=O)O)cc3NC2=O)cc1. The van der Waals surface area contributed by atoms with Crippen LogP contribution in [-0.2, 0) is 4.79 Å². The minimum Gasteiger partial charge on any atom is -0.497 e. The smallest absolute Gasteiger partial charge is 0.335 e. The van der Waals surface area contributed by atoms with Crippen molar-refractivity contribution in [1.29, 1.82) is 0 Å². The first kappa shape index (κ1) is 15.2. The van der Waals surface area contributed by atoms with Gasteiger partial charge in [0.25, 0.3) is 5.91 Å². The third-order valence-corrected chi connectivity index (χ3v) is 4.43. The van der Waals surface area contributed by atoms with Crippen LogP contribution in [0.25, 0.3) is 6.08 Å². The molecule has 23 heavy (non-hydrogen) atoms. The number of fused-ring (bicyclic) bond motifs is 1. The van der Waals surface area contributed by atoms with Crippen molar-refractivity contribution in [2.24, 2.45) is 0 Å². The number of benzene rings is 2. The van der Waals surface area contributed by atoms with Crippen molar-refractivity contribution in [3.05, 3.63) is 58.5 Å². The first-order chi connectivity index (χ1) is 11.1. The third-order valence-electron chi connectivity index (χ3n) is 3.33. The van der Waals surface area contributed by atoms with Gasteiger partial charge < -0.3 is 15.2 Å². The molecule has 0 spiro atoms. The number of nitrogens with one attached hydrogen (secondary N) is 1. The van der Waals surface area contributed by atoms with Gasteiger partial charge in [0, 0.05) is 4.90 Å². The average molecular weight is 327 g/mol. The molecule has 2 N–H and O–H groups in total. The predicted octanol–water partition coefficient (Wildman–Crippen LogP) is 3.48. The summed E-state index contributed by atoms with van der Waals surface area (Å²) in [5, 5.41) is 11.7. The Bertz CT molecular complexity index is 812. The molecule has 0 unspecified atom stereocenters. The molecule has 5 nitrogen and oxygen atoms in total. The molecule has 1 heterocycles. The number of aromatic carboxylic acids is 1. The highest BCUT2D eigenvalue weighted by atomic mass is 32.2.